The van der Waals surface area contributed by atoms with E-state index in [2.05, 4.69) is 38.6 Å². The van der Waals surface area contributed by atoms with Crippen LogP contribution in [0.4, 0.5) is 5.69 Å². The maximum Gasteiger partial charge on any atom is 0.193 e. The molecule has 0 saturated heterocycles. The fourth-order valence-electron chi connectivity index (χ4n) is 3.25. The van der Waals surface area contributed by atoms with Crippen LogP contribution in [0.2, 0.25) is 0 Å². The number of benzene rings is 1. The lowest BCUT2D eigenvalue weighted by atomic mass is 9.90. The van der Waals surface area contributed by atoms with E-state index in [1.54, 1.807) is 16.9 Å². The van der Waals surface area contributed by atoms with Crippen LogP contribution >= 0.6 is 24.0 Å². The molecule has 4 rings (SSSR count). The second-order valence-electron chi connectivity index (χ2n) is 6.01. The van der Waals surface area contributed by atoms with Crippen molar-refractivity contribution in [2.75, 3.05) is 5.32 Å². The average Bonchev–Trinajstić information content (AvgIpc) is 3.09. The molecule has 6 nitrogen and oxygen atoms in total. The van der Waals surface area contributed by atoms with Gasteiger partial charge in [0.15, 0.2) is 11.6 Å². The summed E-state index contributed by atoms with van der Waals surface area (Å²) in [5.41, 5.74) is 11.7. The molecule has 25 heavy (non-hydrogen) atoms. The topological polar surface area (TPSA) is 80.6 Å². The van der Waals surface area contributed by atoms with Crippen LogP contribution < -0.4 is 11.1 Å². The third-order valence-corrected chi connectivity index (χ3v) is 4.44. The van der Waals surface area contributed by atoms with E-state index in [1.165, 1.54) is 24.0 Å². The van der Waals surface area contributed by atoms with Gasteiger partial charge >= 0.3 is 0 Å². The minimum absolute atomic E-state index is 0. The largest absolute Gasteiger partial charge is 0.370 e. The first-order valence-corrected chi connectivity index (χ1v) is 8.26. The van der Waals surface area contributed by atoms with Gasteiger partial charge in [0, 0.05) is 18.0 Å². The summed E-state index contributed by atoms with van der Waals surface area (Å²) in [6.45, 7) is 0.453. The standard InChI is InChI=1S/C18H20N6.HI/c19-18(21-12-14-8-10-20-17-9-11-22-24(14)17)23-16-7-3-5-13-4-1-2-6-15(13)16;/h3,5,7-11H,1-2,4,6,12H2,(H3,19,21,23);1H. The Balaban J connectivity index is 0.00000182. The molecule has 3 aromatic rings. The lowest BCUT2D eigenvalue weighted by molar-refractivity contribution is 0.687. The van der Waals surface area contributed by atoms with Crippen LogP contribution in [-0.4, -0.2) is 20.6 Å². The lowest BCUT2D eigenvalue weighted by Crippen LogP contribution is -2.24. The molecule has 1 aromatic carbocycles. The highest BCUT2D eigenvalue weighted by molar-refractivity contribution is 14.0. The maximum absolute atomic E-state index is 6.10. The normalized spacial score (nSPS) is 14.0. The Labute approximate surface area is 163 Å². The van der Waals surface area contributed by atoms with E-state index in [0.29, 0.717) is 12.5 Å². The van der Waals surface area contributed by atoms with Crippen LogP contribution in [0.1, 0.15) is 29.7 Å². The molecule has 0 spiro atoms. The molecular weight excluding hydrogens is 427 g/mol. The number of aromatic nitrogens is 3. The molecule has 0 aliphatic heterocycles. The van der Waals surface area contributed by atoms with Gasteiger partial charge in [0.1, 0.15) is 0 Å². The lowest BCUT2D eigenvalue weighted by Gasteiger charge is -2.19. The minimum atomic E-state index is 0. The number of aliphatic imine (C=N–C) groups is 1. The maximum atomic E-state index is 6.10. The summed E-state index contributed by atoms with van der Waals surface area (Å²) in [7, 11) is 0. The average molecular weight is 448 g/mol. The Morgan fingerprint density at radius 2 is 2.04 bits per heavy atom. The molecule has 2 aromatic heterocycles. The van der Waals surface area contributed by atoms with Crippen molar-refractivity contribution in [3.05, 3.63) is 59.5 Å². The molecule has 0 bridgehead atoms. The molecular formula is C18H21IN6. The molecule has 7 heteroatoms. The highest BCUT2D eigenvalue weighted by atomic mass is 127. The Hall–Kier alpha value is -2.16. The predicted molar refractivity (Wildman–Crippen MR) is 110 cm³/mol. The number of fused-ring (bicyclic) bond motifs is 2. The number of rotatable bonds is 3. The first-order chi connectivity index (χ1) is 11.8. The smallest absolute Gasteiger partial charge is 0.193 e. The quantitative estimate of drug-likeness (QED) is 0.367. The van der Waals surface area contributed by atoms with Crippen molar-refractivity contribution in [1.82, 2.24) is 14.6 Å². The van der Waals surface area contributed by atoms with Gasteiger partial charge in [0.2, 0.25) is 0 Å². The van der Waals surface area contributed by atoms with E-state index >= 15 is 0 Å². The number of hydrogen-bond acceptors (Lipinski definition) is 3. The van der Waals surface area contributed by atoms with Crippen molar-refractivity contribution < 1.29 is 0 Å². The van der Waals surface area contributed by atoms with Gasteiger partial charge in [-0.2, -0.15) is 5.10 Å². The van der Waals surface area contributed by atoms with Crippen LogP contribution in [0.3, 0.4) is 0 Å². The van der Waals surface area contributed by atoms with E-state index < -0.39 is 0 Å². The Kier molecular flexibility index (Phi) is 5.52. The van der Waals surface area contributed by atoms with Crippen molar-refractivity contribution >= 4 is 41.3 Å². The molecule has 0 fully saturated rings. The highest BCUT2D eigenvalue weighted by Gasteiger charge is 2.13. The summed E-state index contributed by atoms with van der Waals surface area (Å²) in [4.78, 5) is 8.71. The number of halogens is 1. The number of anilines is 1. The van der Waals surface area contributed by atoms with Crippen molar-refractivity contribution in [1.29, 1.82) is 0 Å². The molecule has 0 radical (unpaired) electrons. The predicted octanol–water partition coefficient (Wildman–Crippen LogP) is 3.15. The third kappa shape index (κ3) is 3.76. The van der Waals surface area contributed by atoms with E-state index in [-0.39, 0.29) is 24.0 Å². The van der Waals surface area contributed by atoms with Crippen LogP contribution in [-0.2, 0) is 19.4 Å². The van der Waals surface area contributed by atoms with E-state index in [9.17, 15) is 0 Å². The molecule has 0 atom stereocenters. The van der Waals surface area contributed by atoms with Gasteiger partial charge < -0.3 is 11.1 Å². The van der Waals surface area contributed by atoms with Crippen molar-refractivity contribution in [2.24, 2.45) is 10.7 Å². The zero-order chi connectivity index (χ0) is 16.4. The number of nitrogens with one attached hydrogen (secondary N) is 1. The number of aryl methyl sites for hydroxylation is 1. The Morgan fingerprint density at radius 3 is 2.96 bits per heavy atom. The Morgan fingerprint density at radius 1 is 1.16 bits per heavy atom. The summed E-state index contributed by atoms with van der Waals surface area (Å²) in [6, 6.07) is 10.1. The molecule has 0 amide bonds. The molecule has 3 N–H and O–H groups in total. The van der Waals surface area contributed by atoms with Gasteiger partial charge in [-0.05, 0) is 48.9 Å². The molecule has 0 unspecified atom stereocenters. The van der Waals surface area contributed by atoms with Gasteiger partial charge in [0.05, 0.1) is 18.4 Å². The minimum Gasteiger partial charge on any atom is -0.370 e. The zero-order valence-electron chi connectivity index (χ0n) is 13.9. The number of hydrogen-bond donors (Lipinski definition) is 2. The Bertz CT molecular complexity index is 901. The summed E-state index contributed by atoms with van der Waals surface area (Å²) in [6.07, 6.45) is 8.24. The van der Waals surface area contributed by atoms with E-state index in [1.807, 2.05) is 12.1 Å². The van der Waals surface area contributed by atoms with Crippen LogP contribution in [0.5, 0.6) is 0 Å². The van der Waals surface area contributed by atoms with Gasteiger partial charge in [-0.25, -0.2) is 14.5 Å². The molecule has 0 saturated carbocycles. The second kappa shape index (κ2) is 7.81. The number of guanidine groups is 1. The SMILES string of the molecule is I.NC(=NCc1ccnc2ccnn12)Nc1cccc2c1CCCC2. The van der Waals surface area contributed by atoms with Crippen LogP contribution in [0.25, 0.3) is 5.65 Å². The fraction of sp³-hybridized carbons (Fsp3) is 0.278. The van der Waals surface area contributed by atoms with Crippen molar-refractivity contribution in [3.63, 3.8) is 0 Å². The first-order valence-electron chi connectivity index (χ1n) is 8.26. The molecule has 2 heterocycles. The highest BCUT2D eigenvalue weighted by Crippen LogP contribution is 2.27. The summed E-state index contributed by atoms with van der Waals surface area (Å²) >= 11 is 0. The molecule has 130 valence electrons. The molecule has 1 aliphatic rings. The van der Waals surface area contributed by atoms with Crippen molar-refractivity contribution in [3.8, 4) is 0 Å². The summed E-state index contributed by atoms with van der Waals surface area (Å²) in [5.74, 6) is 0.422. The second-order valence-corrected chi connectivity index (χ2v) is 6.01. The monoisotopic (exact) mass is 448 g/mol. The third-order valence-electron chi connectivity index (χ3n) is 4.44. The molecule has 1 aliphatic carbocycles. The van der Waals surface area contributed by atoms with Gasteiger partial charge in [0.25, 0.3) is 0 Å². The zero-order valence-corrected chi connectivity index (χ0v) is 16.2. The summed E-state index contributed by atoms with van der Waals surface area (Å²) in [5, 5.41) is 7.53. The van der Waals surface area contributed by atoms with Gasteiger partial charge in [-0.3, -0.25) is 0 Å². The number of nitrogens with zero attached hydrogens (tertiary/aromatic N) is 4. The van der Waals surface area contributed by atoms with Crippen LogP contribution in [0, 0.1) is 0 Å². The fourth-order valence-corrected chi connectivity index (χ4v) is 3.25. The van der Waals surface area contributed by atoms with Crippen LogP contribution in [0.15, 0.2) is 47.7 Å². The van der Waals surface area contributed by atoms with E-state index in [0.717, 1.165) is 29.9 Å². The van der Waals surface area contributed by atoms with Gasteiger partial charge in [-0.15, -0.1) is 24.0 Å². The van der Waals surface area contributed by atoms with Crippen molar-refractivity contribution in [2.45, 2.75) is 32.2 Å². The summed E-state index contributed by atoms with van der Waals surface area (Å²) < 4.78 is 1.78. The van der Waals surface area contributed by atoms with E-state index in [4.69, 9.17) is 5.73 Å². The first kappa shape index (κ1) is 17.7. The number of nitrogens with two attached hydrogens (primary N) is 1. The van der Waals surface area contributed by atoms with Gasteiger partial charge in [-0.1, -0.05) is 12.1 Å².